The number of benzene rings is 1. The highest BCUT2D eigenvalue weighted by Crippen LogP contribution is 2.42. The van der Waals surface area contributed by atoms with Crippen LogP contribution in [0.5, 0.6) is 11.5 Å². The van der Waals surface area contributed by atoms with Gasteiger partial charge in [-0.05, 0) is 24.0 Å². The van der Waals surface area contributed by atoms with Crippen LogP contribution in [0.3, 0.4) is 0 Å². The van der Waals surface area contributed by atoms with Gasteiger partial charge in [0.15, 0.2) is 11.5 Å². The van der Waals surface area contributed by atoms with E-state index in [4.69, 9.17) is 9.47 Å². The maximum Gasteiger partial charge on any atom is 0.255 e. The van der Waals surface area contributed by atoms with Crippen molar-refractivity contribution in [2.75, 3.05) is 26.3 Å². The first-order valence-electron chi connectivity index (χ1n) is 6.75. The van der Waals surface area contributed by atoms with Crippen molar-refractivity contribution in [2.45, 2.75) is 6.04 Å². The van der Waals surface area contributed by atoms with E-state index in [-0.39, 0.29) is 5.91 Å². The summed E-state index contributed by atoms with van der Waals surface area (Å²) in [4.78, 5) is 12.3. The third kappa shape index (κ3) is 1.76. The molecule has 0 aromatic heterocycles. The lowest BCUT2D eigenvalue weighted by Gasteiger charge is -2.20. The van der Waals surface area contributed by atoms with Crippen molar-refractivity contribution in [3.63, 3.8) is 0 Å². The van der Waals surface area contributed by atoms with E-state index in [0.717, 1.165) is 13.1 Å². The van der Waals surface area contributed by atoms with Gasteiger partial charge in [0.25, 0.3) is 5.91 Å². The first-order valence-corrected chi connectivity index (χ1v) is 6.75. The van der Waals surface area contributed by atoms with E-state index >= 15 is 0 Å². The van der Waals surface area contributed by atoms with Crippen molar-refractivity contribution < 1.29 is 14.3 Å². The second-order valence-corrected chi connectivity index (χ2v) is 5.31. The molecular weight excluding hydrogens is 244 g/mol. The number of rotatable bonds is 2. The highest BCUT2D eigenvalue weighted by Gasteiger charge is 2.53. The summed E-state index contributed by atoms with van der Waals surface area (Å²) < 4.78 is 11.1. The van der Waals surface area contributed by atoms with Gasteiger partial charge in [0.1, 0.15) is 13.2 Å². The Morgan fingerprint density at radius 3 is 2.84 bits per heavy atom. The van der Waals surface area contributed by atoms with Crippen molar-refractivity contribution in [1.82, 2.24) is 10.6 Å². The quantitative estimate of drug-likeness (QED) is 0.808. The first-order chi connectivity index (χ1) is 9.34. The Labute approximate surface area is 111 Å². The van der Waals surface area contributed by atoms with E-state index in [1.54, 1.807) is 6.07 Å². The van der Waals surface area contributed by atoms with Crippen molar-refractivity contribution in [2.24, 2.45) is 11.8 Å². The van der Waals surface area contributed by atoms with Gasteiger partial charge in [0, 0.05) is 19.1 Å². The number of hydrogen-bond donors (Lipinski definition) is 2. The van der Waals surface area contributed by atoms with Gasteiger partial charge in [-0.2, -0.15) is 0 Å². The third-order valence-electron chi connectivity index (χ3n) is 4.20. The molecular formula is C14H16N2O3. The van der Waals surface area contributed by atoms with Crippen LogP contribution in [0, 0.1) is 11.8 Å². The van der Waals surface area contributed by atoms with Crippen molar-refractivity contribution in [3.05, 3.63) is 23.8 Å². The van der Waals surface area contributed by atoms with E-state index in [1.807, 2.05) is 12.1 Å². The smallest absolute Gasteiger partial charge is 0.255 e. The number of hydrogen-bond acceptors (Lipinski definition) is 4. The molecule has 0 radical (unpaired) electrons. The monoisotopic (exact) mass is 260 g/mol. The van der Waals surface area contributed by atoms with Gasteiger partial charge in [0.05, 0.1) is 5.56 Å². The third-order valence-corrected chi connectivity index (χ3v) is 4.20. The molecule has 1 aromatic rings. The number of fused-ring (bicyclic) bond motifs is 2. The fourth-order valence-electron chi connectivity index (χ4n) is 3.11. The lowest BCUT2D eigenvalue weighted by Crippen LogP contribution is -2.33. The molecule has 2 fully saturated rings. The van der Waals surface area contributed by atoms with Gasteiger partial charge in [-0.15, -0.1) is 0 Å². The molecule has 2 aliphatic heterocycles. The van der Waals surface area contributed by atoms with E-state index < -0.39 is 0 Å². The van der Waals surface area contributed by atoms with Crippen LogP contribution in [-0.2, 0) is 0 Å². The summed E-state index contributed by atoms with van der Waals surface area (Å²) in [5.74, 6) is 2.41. The minimum atomic E-state index is -0.0539. The van der Waals surface area contributed by atoms with Crippen LogP contribution in [0.15, 0.2) is 18.2 Å². The van der Waals surface area contributed by atoms with E-state index in [2.05, 4.69) is 10.6 Å². The lowest BCUT2D eigenvalue weighted by molar-refractivity contribution is 0.0935. The van der Waals surface area contributed by atoms with Crippen LogP contribution in [0.1, 0.15) is 10.4 Å². The number of carbonyl (C=O) groups is 1. The average Bonchev–Trinajstić information content (AvgIpc) is 2.88. The Bertz CT molecular complexity index is 521. The summed E-state index contributed by atoms with van der Waals surface area (Å²) >= 11 is 0. The molecule has 100 valence electrons. The standard InChI is InChI=1S/C14H16N2O3/c17-14(16-12-9-6-15-7-10(9)12)8-2-1-3-11-13(8)19-5-4-18-11/h1-3,9-10,12,15H,4-7H2,(H,16,17). The van der Waals surface area contributed by atoms with Crippen molar-refractivity contribution >= 4 is 5.91 Å². The number of para-hydroxylation sites is 1. The molecule has 1 aromatic carbocycles. The van der Waals surface area contributed by atoms with Gasteiger partial charge < -0.3 is 20.1 Å². The highest BCUT2D eigenvalue weighted by atomic mass is 16.6. The number of piperidine rings is 1. The van der Waals surface area contributed by atoms with Crippen LogP contribution < -0.4 is 20.1 Å². The summed E-state index contributed by atoms with van der Waals surface area (Å²) in [6.45, 7) is 3.07. The fourth-order valence-corrected chi connectivity index (χ4v) is 3.11. The molecule has 5 nitrogen and oxygen atoms in total. The maximum absolute atomic E-state index is 12.3. The molecule has 1 saturated carbocycles. The zero-order valence-electron chi connectivity index (χ0n) is 10.5. The molecule has 1 saturated heterocycles. The van der Waals surface area contributed by atoms with E-state index in [0.29, 0.717) is 48.2 Å². The van der Waals surface area contributed by atoms with Crippen LogP contribution in [0.25, 0.3) is 0 Å². The normalized spacial score (nSPS) is 30.6. The summed E-state index contributed by atoms with van der Waals surface area (Å²) in [5, 5.41) is 6.43. The Morgan fingerprint density at radius 1 is 1.21 bits per heavy atom. The maximum atomic E-state index is 12.3. The number of carbonyl (C=O) groups excluding carboxylic acids is 1. The van der Waals surface area contributed by atoms with Crippen LogP contribution >= 0.6 is 0 Å². The van der Waals surface area contributed by atoms with Gasteiger partial charge in [-0.3, -0.25) is 4.79 Å². The molecule has 0 bridgehead atoms. The van der Waals surface area contributed by atoms with Crippen LogP contribution in [0.4, 0.5) is 0 Å². The van der Waals surface area contributed by atoms with Crippen molar-refractivity contribution in [3.8, 4) is 11.5 Å². The highest BCUT2D eigenvalue weighted by molar-refractivity contribution is 5.98. The summed E-state index contributed by atoms with van der Waals surface area (Å²) in [6.07, 6.45) is 0. The molecule has 3 aliphatic rings. The van der Waals surface area contributed by atoms with Crippen LogP contribution in [0.2, 0.25) is 0 Å². The molecule has 1 aliphatic carbocycles. The summed E-state index contributed by atoms with van der Waals surface area (Å²) in [5.41, 5.74) is 0.579. The van der Waals surface area contributed by atoms with Gasteiger partial charge >= 0.3 is 0 Å². The predicted octanol–water partition coefficient (Wildman–Crippen LogP) is 0.405. The molecule has 2 N–H and O–H groups in total. The zero-order valence-corrected chi connectivity index (χ0v) is 10.5. The molecule has 2 unspecified atom stereocenters. The minimum absolute atomic E-state index is 0.0539. The van der Waals surface area contributed by atoms with Crippen LogP contribution in [-0.4, -0.2) is 38.3 Å². The number of ether oxygens (including phenoxy) is 2. The average molecular weight is 260 g/mol. The fraction of sp³-hybridized carbons (Fsp3) is 0.500. The van der Waals surface area contributed by atoms with E-state index in [9.17, 15) is 4.79 Å². The Balaban J connectivity index is 1.54. The molecule has 2 atom stereocenters. The van der Waals surface area contributed by atoms with Gasteiger partial charge in [-0.25, -0.2) is 0 Å². The minimum Gasteiger partial charge on any atom is -0.486 e. The zero-order chi connectivity index (χ0) is 12.8. The second-order valence-electron chi connectivity index (χ2n) is 5.31. The Morgan fingerprint density at radius 2 is 2.00 bits per heavy atom. The molecule has 2 heterocycles. The predicted molar refractivity (Wildman–Crippen MR) is 68.5 cm³/mol. The summed E-state index contributed by atoms with van der Waals surface area (Å²) in [7, 11) is 0. The molecule has 1 amide bonds. The number of nitrogens with one attached hydrogen (secondary N) is 2. The van der Waals surface area contributed by atoms with Crippen molar-refractivity contribution in [1.29, 1.82) is 0 Å². The topological polar surface area (TPSA) is 59.6 Å². The molecule has 19 heavy (non-hydrogen) atoms. The Hall–Kier alpha value is -1.75. The largest absolute Gasteiger partial charge is 0.486 e. The van der Waals surface area contributed by atoms with Gasteiger partial charge in [0.2, 0.25) is 0 Å². The SMILES string of the molecule is O=C(NC1C2CNCC21)c1cccc2c1OCCO2. The Kier molecular flexibility index (Phi) is 2.41. The second kappa shape index (κ2) is 4.13. The molecule has 5 heteroatoms. The first kappa shape index (κ1) is 11.1. The number of amides is 1. The summed E-state index contributed by atoms with van der Waals surface area (Å²) in [6, 6.07) is 5.78. The lowest BCUT2D eigenvalue weighted by atomic mass is 10.1. The van der Waals surface area contributed by atoms with E-state index in [1.165, 1.54) is 0 Å². The molecule has 0 spiro atoms. The van der Waals surface area contributed by atoms with Gasteiger partial charge in [-0.1, -0.05) is 6.07 Å². The molecule has 4 rings (SSSR count).